The van der Waals surface area contributed by atoms with Gasteiger partial charge >= 0.3 is 0 Å². The smallest absolute Gasteiger partial charge is 0.227 e. The van der Waals surface area contributed by atoms with Gasteiger partial charge in [-0.2, -0.15) is 0 Å². The number of hydrogen-bond acceptors (Lipinski definition) is 5. The highest BCUT2D eigenvalue weighted by Crippen LogP contribution is 2.26. The number of aliphatic hydroxyl groups excluding tert-OH is 1. The van der Waals surface area contributed by atoms with Gasteiger partial charge in [0.05, 0.1) is 30.1 Å². The van der Waals surface area contributed by atoms with Crippen LogP contribution in [0.3, 0.4) is 0 Å². The number of piperidine rings is 1. The quantitative estimate of drug-likeness (QED) is 0.606. The van der Waals surface area contributed by atoms with Crippen molar-refractivity contribution in [3.63, 3.8) is 0 Å². The third-order valence-electron chi connectivity index (χ3n) is 7.04. The van der Waals surface area contributed by atoms with Crippen molar-refractivity contribution in [1.82, 2.24) is 24.3 Å². The lowest BCUT2D eigenvalue weighted by Crippen LogP contribution is -2.52. The second-order valence-corrected chi connectivity index (χ2v) is 9.29. The number of halogens is 1. The van der Waals surface area contributed by atoms with Crippen molar-refractivity contribution >= 4 is 16.9 Å². The van der Waals surface area contributed by atoms with Crippen LogP contribution in [0, 0.1) is 11.7 Å². The maximum Gasteiger partial charge on any atom is 0.227 e. The lowest BCUT2D eigenvalue weighted by molar-refractivity contribution is -0.139. The summed E-state index contributed by atoms with van der Waals surface area (Å²) in [5.41, 5.74) is 2.79. The van der Waals surface area contributed by atoms with Crippen molar-refractivity contribution in [2.45, 2.75) is 19.4 Å². The molecule has 7 nitrogen and oxygen atoms in total. The van der Waals surface area contributed by atoms with Crippen LogP contribution >= 0.6 is 0 Å². The Morgan fingerprint density at radius 3 is 2.53 bits per heavy atom. The molecule has 0 radical (unpaired) electrons. The molecule has 2 fully saturated rings. The molecule has 0 bridgehead atoms. The maximum atomic E-state index is 13.6. The lowest BCUT2D eigenvalue weighted by Gasteiger charge is -2.38. The van der Waals surface area contributed by atoms with Crippen LogP contribution in [0.2, 0.25) is 0 Å². The Hall–Kier alpha value is -2.81. The molecule has 3 aromatic rings. The summed E-state index contributed by atoms with van der Waals surface area (Å²) in [5.74, 6) is 0.894. The average Bonchev–Trinajstić information content (AvgIpc) is 3.23. The summed E-state index contributed by atoms with van der Waals surface area (Å²) in [6.45, 7) is 6.24. The molecule has 180 valence electrons. The Morgan fingerprint density at radius 1 is 1.00 bits per heavy atom. The number of hydrogen-bond donors (Lipinski definition) is 1. The van der Waals surface area contributed by atoms with E-state index >= 15 is 0 Å². The van der Waals surface area contributed by atoms with Crippen molar-refractivity contribution in [3.8, 4) is 5.69 Å². The van der Waals surface area contributed by atoms with Crippen molar-refractivity contribution in [1.29, 1.82) is 0 Å². The standard InChI is InChI=1S/C26H32FN5O2/c27-21-7-9-22(10-8-21)32-24-6-2-1-5-23(24)28-25(32)19-30-11-3-4-20(18-30)26(34)31-14-12-29(13-15-31)16-17-33/h1-2,5-10,20,33H,3-4,11-19H2/t20-/m0/s1. The molecule has 2 aromatic carbocycles. The van der Waals surface area contributed by atoms with Gasteiger partial charge in [-0.1, -0.05) is 12.1 Å². The van der Waals surface area contributed by atoms with E-state index in [0.29, 0.717) is 13.1 Å². The number of benzene rings is 2. The first-order valence-corrected chi connectivity index (χ1v) is 12.2. The number of carbonyl (C=O) groups excluding carboxylic acids is 1. The number of aromatic nitrogens is 2. The molecule has 2 aliphatic rings. The van der Waals surface area contributed by atoms with Gasteiger partial charge in [-0.25, -0.2) is 9.37 Å². The fraction of sp³-hybridized carbons (Fsp3) is 0.462. The number of rotatable bonds is 6. The first-order chi connectivity index (χ1) is 16.6. The van der Waals surface area contributed by atoms with E-state index in [1.54, 1.807) is 12.1 Å². The molecule has 1 atom stereocenters. The SMILES string of the molecule is O=C([C@H]1CCCN(Cc2nc3ccccc3n2-c2ccc(F)cc2)C1)N1CCN(CCO)CC1. The van der Waals surface area contributed by atoms with E-state index in [2.05, 4.69) is 14.4 Å². The summed E-state index contributed by atoms with van der Waals surface area (Å²) in [6.07, 6.45) is 1.90. The summed E-state index contributed by atoms with van der Waals surface area (Å²) in [6, 6.07) is 14.5. The van der Waals surface area contributed by atoms with E-state index in [-0.39, 0.29) is 24.2 Å². The van der Waals surface area contributed by atoms with Gasteiger partial charge < -0.3 is 10.0 Å². The Morgan fingerprint density at radius 2 is 1.76 bits per heavy atom. The molecule has 2 aliphatic heterocycles. The molecule has 0 saturated carbocycles. The molecule has 8 heteroatoms. The normalized spacial score (nSPS) is 20.2. The zero-order valence-corrected chi connectivity index (χ0v) is 19.4. The minimum absolute atomic E-state index is 0.00166. The fourth-order valence-corrected chi connectivity index (χ4v) is 5.25. The highest BCUT2D eigenvalue weighted by atomic mass is 19.1. The third-order valence-corrected chi connectivity index (χ3v) is 7.04. The van der Waals surface area contributed by atoms with E-state index in [0.717, 1.165) is 74.7 Å². The Bertz CT molecular complexity index is 1120. The van der Waals surface area contributed by atoms with Crippen LogP contribution in [-0.4, -0.2) is 87.7 Å². The van der Waals surface area contributed by atoms with E-state index in [1.165, 1.54) is 12.1 Å². The molecular formula is C26H32FN5O2. The van der Waals surface area contributed by atoms with Gasteiger partial charge in [-0.05, 0) is 55.8 Å². The summed E-state index contributed by atoms with van der Waals surface area (Å²) in [4.78, 5) is 24.7. The second-order valence-electron chi connectivity index (χ2n) is 9.29. The molecule has 34 heavy (non-hydrogen) atoms. The number of imidazole rings is 1. The summed E-state index contributed by atoms with van der Waals surface area (Å²) in [7, 11) is 0. The molecule has 2 saturated heterocycles. The predicted octanol–water partition coefficient (Wildman–Crippen LogP) is 2.51. The number of para-hydroxylation sites is 2. The number of likely N-dealkylation sites (tertiary alicyclic amines) is 1. The largest absolute Gasteiger partial charge is 0.395 e. The van der Waals surface area contributed by atoms with Gasteiger partial charge in [0.2, 0.25) is 5.91 Å². The number of fused-ring (bicyclic) bond motifs is 1. The van der Waals surface area contributed by atoms with Gasteiger partial charge in [0.15, 0.2) is 0 Å². The van der Waals surface area contributed by atoms with Crippen LogP contribution in [0.1, 0.15) is 18.7 Å². The number of aliphatic hydroxyl groups is 1. The van der Waals surface area contributed by atoms with E-state index in [4.69, 9.17) is 10.1 Å². The van der Waals surface area contributed by atoms with Crippen molar-refractivity contribution < 1.29 is 14.3 Å². The van der Waals surface area contributed by atoms with Crippen molar-refractivity contribution in [3.05, 3.63) is 60.2 Å². The third kappa shape index (κ3) is 4.85. The number of carbonyl (C=O) groups is 1. The summed E-state index contributed by atoms with van der Waals surface area (Å²) in [5, 5.41) is 9.15. The first-order valence-electron chi connectivity index (χ1n) is 12.2. The Labute approximate surface area is 199 Å². The minimum atomic E-state index is -0.260. The Balaban J connectivity index is 1.31. The molecule has 3 heterocycles. The van der Waals surface area contributed by atoms with Gasteiger partial charge in [-0.15, -0.1) is 0 Å². The monoisotopic (exact) mass is 465 g/mol. The summed E-state index contributed by atoms with van der Waals surface area (Å²) >= 11 is 0. The van der Waals surface area contributed by atoms with E-state index < -0.39 is 0 Å². The number of amides is 1. The van der Waals surface area contributed by atoms with Crippen LogP contribution in [0.15, 0.2) is 48.5 Å². The first kappa shape index (κ1) is 23.0. The number of β-amino-alcohol motifs (C(OH)–C–C–N with tert-alkyl or cyclic N) is 1. The molecule has 0 aliphatic carbocycles. The van der Waals surface area contributed by atoms with Crippen LogP contribution < -0.4 is 0 Å². The highest BCUT2D eigenvalue weighted by Gasteiger charge is 2.31. The lowest BCUT2D eigenvalue weighted by atomic mass is 9.96. The fourth-order valence-electron chi connectivity index (χ4n) is 5.25. The molecule has 1 amide bonds. The van der Waals surface area contributed by atoms with Gasteiger partial charge in [0.1, 0.15) is 11.6 Å². The maximum absolute atomic E-state index is 13.6. The molecule has 1 aromatic heterocycles. The van der Waals surface area contributed by atoms with Crippen LogP contribution in [-0.2, 0) is 11.3 Å². The number of piperazine rings is 1. The number of nitrogens with zero attached hydrogens (tertiary/aromatic N) is 5. The molecular weight excluding hydrogens is 433 g/mol. The van der Waals surface area contributed by atoms with Crippen LogP contribution in [0.25, 0.3) is 16.7 Å². The van der Waals surface area contributed by atoms with Crippen LogP contribution in [0.5, 0.6) is 0 Å². The topological polar surface area (TPSA) is 64.8 Å². The van der Waals surface area contributed by atoms with E-state index in [1.807, 2.05) is 29.2 Å². The molecule has 5 rings (SSSR count). The predicted molar refractivity (Wildman–Crippen MR) is 129 cm³/mol. The molecule has 0 spiro atoms. The average molecular weight is 466 g/mol. The molecule has 1 N–H and O–H groups in total. The van der Waals surface area contributed by atoms with E-state index in [9.17, 15) is 9.18 Å². The van der Waals surface area contributed by atoms with Gasteiger partial charge in [-0.3, -0.25) is 19.2 Å². The van der Waals surface area contributed by atoms with Crippen molar-refractivity contribution in [2.24, 2.45) is 5.92 Å². The highest BCUT2D eigenvalue weighted by molar-refractivity contribution is 5.79. The molecule has 0 unspecified atom stereocenters. The second kappa shape index (κ2) is 10.2. The zero-order valence-electron chi connectivity index (χ0n) is 19.4. The zero-order chi connectivity index (χ0) is 23.5. The van der Waals surface area contributed by atoms with Crippen LogP contribution in [0.4, 0.5) is 4.39 Å². The summed E-state index contributed by atoms with van der Waals surface area (Å²) < 4.78 is 15.7. The van der Waals surface area contributed by atoms with Crippen molar-refractivity contribution in [2.75, 3.05) is 52.4 Å². The Kier molecular flexibility index (Phi) is 6.89. The van der Waals surface area contributed by atoms with Gasteiger partial charge in [0.25, 0.3) is 0 Å². The van der Waals surface area contributed by atoms with Gasteiger partial charge in [0, 0.05) is 45.0 Å². The minimum Gasteiger partial charge on any atom is -0.395 e.